The fourth-order valence-electron chi connectivity index (χ4n) is 3.48. The topological polar surface area (TPSA) is 69.6 Å². The van der Waals surface area contributed by atoms with Crippen molar-refractivity contribution >= 4 is 17.5 Å². The molecule has 1 heterocycles. The Kier molecular flexibility index (Phi) is 5.09. The van der Waals surface area contributed by atoms with E-state index >= 15 is 0 Å². The van der Waals surface area contributed by atoms with Gasteiger partial charge in [0.1, 0.15) is 0 Å². The zero-order chi connectivity index (χ0) is 18.8. The molecule has 1 unspecified atom stereocenters. The molecule has 5 nitrogen and oxygen atoms in total. The summed E-state index contributed by atoms with van der Waals surface area (Å²) in [4.78, 5) is 25.8. The van der Waals surface area contributed by atoms with E-state index in [-0.39, 0.29) is 18.4 Å². The summed E-state index contributed by atoms with van der Waals surface area (Å²) in [5.74, 6) is -0.213. The van der Waals surface area contributed by atoms with Crippen LogP contribution in [-0.2, 0) is 11.2 Å². The highest BCUT2D eigenvalue weighted by molar-refractivity contribution is 5.97. The fourth-order valence-corrected chi connectivity index (χ4v) is 3.48. The molecule has 0 radical (unpaired) electrons. The van der Waals surface area contributed by atoms with Gasteiger partial charge >= 0.3 is 0 Å². The molecular formula is C21H24N2O3. The number of rotatable bonds is 4. The Morgan fingerprint density at radius 3 is 2.50 bits per heavy atom. The molecule has 1 atom stereocenters. The largest absolute Gasteiger partial charge is 0.387 e. The van der Waals surface area contributed by atoms with E-state index in [2.05, 4.69) is 5.32 Å². The van der Waals surface area contributed by atoms with Crippen molar-refractivity contribution in [2.75, 3.05) is 18.0 Å². The lowest BCUT2D eigenvalue weighted by Gasteiger charge is -2.16. The highest BCUT2D eigenvalue weighted by atomic mass is 16.3. The molecule has 26 heavy (non-hydrogen) atoms. The smallest absolute Gasteiger partial charge is 0.251 e. The summed E-state index contributed by atoms with van der Waals surface area (Å²) >= 11 is 0. The molecule has 0 saturated heterocycles. The van der Waals surface area contributed by atoms with Gasteiger partial charge in [-0.05, 0) is 49.6 Å². The molecule has 0 saturated carbocycles. The number of nitrogens with one attached hydrogen (secondary N) is 1. The summed E-state index contributed by atoms with van der Waals surface area (Å²) in [7, 11) is 0. The first-order chi connectivity index (χ1) is 12.3. The summed E-state index contributed by atoms with van der Waals surface area (Å²) in [6, 6.07) is 11.3. The number of carbonyl (C=O) groups excluding carboxylic acids is 2. The third-order valence-electron chi connectivity index (χ3n) is 4.70. The summed E-state index contributed by atoms with van der Waals surface area (Å²) < 4.78 is 0. The highest BCUT2D eigenvalue weighted by Crippen LogP contribution is 2.29. The Labute approximate surface area is 153 Å². The zero-order valence-electron chi connectivity index (χ0n) is 15.4. The molecule has 1 aliphatic rings. The molecule has 0 aliphatic carbocycles. The number of hydrogen-bond donors (Lipinski definition) is 2. The molecule has 0 spiro atoms. The molecule has 2 aromatic carbocycles. The van der Waals surface area contributed by atoms with Crippen LogP contribution in [-0.4, -0.2) is 30.0 Å². The first-order valence-corrected chi connectivity index (χ1v) is 8.80. The Morgan fingerprint density at radius 2 is 1.85 bits per heavy atom. The summed E-state index contributed by atoms with van der Waals surface area (Å²) in [6.07, 6.45) is 0.00139. The molecule has 0 fully saturated rings. The lowest BCUT2D eigenvalue weighted by atomic mass is 10.0. The second-order valence-electron chi connectivity index (χ2n) is 6.91. The summed E-state index contributed by atoms with van der Waals surface area (Å²) in [5.41, 5.74) is 5.39. The third kappa shape index (κ3) is 3.78. The number of aliphatic hydroxyl groups excluding tert-OH is 1. The maximum absolute atomic E-state index is 12.4. The number of aliphatic hydroxyl groups is 1. The number of fused-ring (bicyclic) bond motifs is 1. The number of anilines is 1. The third-order valence-corrected chi connectivity index (χ3v) is 4.70. The second kappa shape index (κ2) is 7.30. The standard InChI is InChI=1S/C21H24N2O3/c1-13-8-14(2)10-18(9-13)20(25)12-22-21(26)17-4-5-19-16(11-17)6-7-23(19)15(3)24/h4-5,8-11,20,25H,6-7,12H2,1-3H3,(H,22,26). The molecular weight excluding hydrogens is 328 g/mol. The lowest BCUT2D eigenvalue weighted by Crippen LogP contribution is -2.28. The van der Waals surface area contributed by atoms with Gasteiger partial charge in [0.2, 0.25) is 5.91 Å². The number of amides is 2. The minimum atomic E-state index is -0.750. The SMILES string of the molecule is CC(=O)N1CCc2cc(C(=O)NCC(O)c3cc(C)cc(C)c3)ccc21. The fraction of sp³-hybridized carbons (Fsp3) is 0.333. The molecule has 1 aliphatic heterocycles. The van der Waals surface area contributed by atoms with Crippen molar-refractivity contribution in [3.8, 4) is 0 Å². The monoisotopic (exact) mass is 352 g/mol. The Balaban J connectivity index is 1.66. The van der Waals surface area contributed by atoms with Gasteiger partial charge < -0.3 is 15.3 Å². The van der Waals surface area contributed by atoms with Gasteiger partial charge in [-0.15, -0.1) is 0 Å². The van der Waals surface area contributed by atoms with Crippen LogP contribution in [0.5, 0.6) is 0 Å². The molecule has 0 aromatic heterocycles. The van der Waals surface area contributed by atoms with E-state index in [0.29, 0.717) is 12.1 Å². The van der Waals surface area contributed by atoms with Crippen molar-refractivity contribution < 1.29 is 14.7 Å². The van der Waals surface area contributed by atoms with Crippen molar-refractivity contribution in [1.82, 2.24) is 5.32 Å². The second-order valence-corrected chi connectivity index (χ2v) is 6.91. The van der Waals surface area contributed by atoms with Crippen LogP contribution in [0.15, 0.2) is 36.4 Å². The Morgan fingerprint density at radius 1 is 1.15 bits per heavy atom. The van der Waals surface area contributed by atoms with Crippen molar-refractivity contribution in [3.63, 3.8) is 0 Å². The van der Waals surface area contributed by atoms with Crippen LogP contribution in [0.1, 0.15) is 45.6 Å². The predicted octanol–water partition coefficient (Wildman–Crippen LogP) is 2.68. The first-order valence-electron chi connectivity index (χ1n) is 8.80. The maximum atomic E-state index is 12.4. The van der Waals surface area contributed by atoms with Crippen LogP contribution >= 0.6 is 0 Å². The minimum absolute atomic E-state index is 0.0116. The average Bonchev–Trinajstić information content (AvgIpc) is 3.01. The van der Waals surface area contributed by atoms with Gasteiger partial charge in [0.05, 0.1) is 6.10 Å². The van der Waals surface area contributed by atoms with Gasteiger partial charge in [-0.3, -0.25) is 9.59 Å². The van der Waals surface area contributed by atoms with Gasteiger partial charge in [0, 0.05) is 31.3 Å². The number of aryl methyl sites for hydroxylation is 2. The Hall–Kier alpha value is -2.66. The summed E-state index contributed by atoms with van der Waals surface area (Å²) in [6.45, 7) is 6.32. The maximum Gasteiger partial charge on any atom is 0.251 e. The number of benzene rings is 2. The molecule has 3 rings (SSSR count). The van der Waals surface area contributed by atoms with Crippen molar-refractivity contribution in [2.24, 2.45) is 0 Å². The molecule has 2 N–H and O–H groups in total. The number of carbonyl (C=O) groups is 2. The van der Waals surface area contributed by atoms with Gasteiger partial charge in [-0.2, -0.15) is 0 Å². The molecule has 2 amide bonds. The van der Waals surface area contributed by atoms with Crippen molar-refractivity contribution in [1.29, 1.82) is 0 Å². The van der Waals surface area contributed by atoms with Gasteiger partial charge in [-0.1, -0.05) is 29.3 Å². The van der Waals surface area contributed by atoms with Crippen LogP contribution in [0.2, 0.25) is 0 Å². The quantitative estimate of drug-likeness (QED) is 0.889. The molecule has 2 aromatic rings. The van der Waals surface area contributed by atoms with Gasteiger partial charge in [0.15, 0.2) is 0 Å². The van der Waals surface area contributed by atoms with E-state index in [1.165, 1.54) is 0 Å². The van der Waals surface area contributed by atoms with E-state index < -0.39 is 6.10 Å². The van der Waals surface area contributed by atoms with Crippen LogP contribution in [0.3, 0.4) is 0 Å². The minimum Gasteiger partial charge on any atom is -0.387 e. The Bertz CT molecular complexity index is 840. The van der Waals surface area contributed by atoms with Crippen molar-refractivity contribution in [3.05, 3.63) is 64.2 Å². The van der Waals surface area contributed by atoms with Crippen LogP contribution in [0.4, 0.5) is 5.69 Å². The van der Waals surface area contributed by atoms with E-state index in [0.717, 1.165) is 34.4 Å². The lowest BCUT2D eigenvalue weighted by molar-refractivity contribution is -0.116. The van der Waals surface area contributed by atoms with E-state index in [9.17, 15) is 14.7 Å². The van der Waals surface area contributed by atoms with Crippen molar-refractivity contribution in [2.45, 2.75) is 33.3 Å². The molecule has 5 heteroatoms. The van der Waals surface area contributed by atoms with E-state index in [1.54, 1.807) is 17.9 Å². The average molecular weight is 352 g/mol. The molecule has 136 valence electrons. The summed E-state index contributed by atoms with van der Waals surface area (Å²) in [5, 5.41) is 13.1. The van der Waals surface area contributed by atoms with E-state index in [4.69, 9.17) is 0 Å². The van der Waals surface area contributed by atoms with E-state index in [1.807, 2.05) is 44.2 Å². The van der Waals surface area contributed by atoms with Crippen LogP contribution < -0.4 is 10.2 Å². The van der Waals surface area contributed by atoms with Gasteiger partial charge in [0.25, 0.3) is 5.91 Å². The highest BCUT2D eigenvalue weighted by Gasteiger charge is 2.23. The number of nitrogens with zero attached hydrogens (tertiary/aromatic N) is 1. The van der Waals surface area contributed by atoms with Gasteiger partial charge in [-0.25, -0.2) is 0 Å². The zero-order valence-corrected chi connectivity index (χ0v) is 15.4. The number of hydrogen-bond acceptors (Lipinski definition) is 3. The predicted molar refractivity (Wildman–Crippen MR) is 101 cm³/mol. The van der Waals surface area contributed by atoms with Crippen LogP contribution in [0.25, 0.3) is 0 Å². The first kappa shape index (κ1) is 18.1. The molecule has 0 bridgehead atoms. The normalized spacial score (nSPS) is 14.1. The van der Waals surface area contributed by atoms with Crippen LogP contribution in [0, 0.1) is 13.8 Å².